The van der Waals surface area contributed by atoms with Crippen molar-refractivity contribution in [3.63, 3.8) is 0 Å². The van der Waals surface area contributed by atoms with Gasteiger partial charge in [-0.2, -0.15) is 0 Å². The predicted octanol–water partition coefficient (Wildman–Crippen LogP) is 5.56. The van der Waals surface area contributed by atoms with Crippen molar-refractivity contribution in [1.29, 1.82) is 0 Å². The summed E-state index contributed by atoms with van der Waals surface area (Å²) in [6.07, 6.45) is 11.6. The Hall–Kier alpha value is -1.94. The van der Waals surface area contributed by atoms with Crippen LogP contribution in [0.3, 0.4) is 0 Å². The highest BCUT2D eigenvalue weighted by molar-refractivity contribution is 5.84. The number of carbonyl (C=O) groups is 2. The third kappa shape index (κ3) is 6.90. The van der Waals surface area contributed by atoms with Gasteiger partial charge in [0.25, 0.3) is 0 Å². The molecule has 0 aliphatic heterocycles. The Balaban J connectivity index is 1.90. The Bertz CT molecular complexity index is 647. The Labute approximate surface area is 168 Å². The molecule has 154 valence electrons. The van der Waals surface area contributed by atoms with Gasteiger partial charge in [0.05, 0.1) is 6.10 Å². The number of hydrogen-bond donors (Lipinski definition) is 2. The standard InChI is InChI=1S/C24H34O4/c1-2-3-6-10-22(25)19-14-12-18(13-15-19)20-16-17-23(26)21(20)9-7-4-5-8-11-24(27)28/h4,7,12-15,20-22,25H,2-3,5-6,8-11,16-17H2,1H3,(H,27,28)/b7-4-/t20-,21-,22?/m1/s1. The number of aliphatic carboxylic acids is 1. The lowest BCUT2D eigenvalue weighted by Gasteiger charge is -2.19. The number of benzene rings is 1. The molecule has 1 saturated carbocycles. The van der Waals surface area contributed by atoms with E-state index < -0.39 is 12.1 Å². The van der Waals surface area contributed by atoms with Gasteiger partial charge >= 0.3 is 5.97 Å². The molecule has 0 aromatic heterocycles. The van der Waals surface area contributed by atoms with Gasteiger partial charge in [-0.1, -0.05) is 62.6 Å². The van der Waals surface area contributed by atoms with Crippen LogP contribution in [-0.2, 0) is 9.59 Å². The van der Waals surface area contributed by atoms with Crippen molar-refractivity contribution in [2.24, 2.45) is 5.92 Å². The van der Waals surface area contributed by atoms with E-state index in [1.807, 2.05) is 24.3 Å². The average Bonchev–Trinajstić information content (AvgIpc) is 3.05. The van der Waals surface area contributed by atoms with Crippen LogP contribution in [0.2, 0.25) is 0 Å². The molecule has 4 heteroatoms. The maximum absolute atomic E-state index is 12.3. The monoisotopic (exact) mass is 386 g/mol. The number of hydrogen-bond acceptors (Lipinski definition) is 3. The molecule has 2 rings (SSSR count). The van der Waals surface area contributed by atoms with Gasteiger partial charge in [0.1, 0.15) is 5.78 Å². The first-order valence-electron chi connectivity index (χ1n) is 10.7. The highest BCUT2D eigenvalue weighted by atomic mass is 16.4. The van der Waals surface area contributed by atoms with Crippen molar-refractivity contribution >= 4 is 11.8 Å². The van der Waals surface area contributed by atoms with E-state index in [9.17, 15) is 14.7 Å². The number of ketones is 1. The number of rotatable bonds is 12. The third-order valence-corrected chi connectivity index (χ3v) is 5.75. The lowest BCUT2D eigenvalue weighted by atomic mass is 9.85. The first-order valence-corrected chi connectivity index (χ1v) is 10.7. The highest BCUT2D eigenvalue weighted by Gasteiger charge is 2.34. The summed E-state index contributed by atoms with van der Waals surface area (Å²) in [5.41, 5.74) is 2.14. The molecule has 0 spiro atoms. The highest BCUT2D eigenvalue weighted by Crippen LogP contribution is 2.40. The van der Waals surface area contributed by atoms with Crippen molar-refractivity contribution in [2.75, 3.05) is 0 Å². The van der Waals surface area contributed by atoms with Crippen molar-refractivity contribution in [1.82, 2.24) is 0 Å². The van der Waals surface area contributed by atoms with Gasteiger partial charge in [-0.05, 0) is 49.1 Å². The van der Waals surface area contributed by atoms with Crippen LogP contribution >= 0.6 is 0 Å². The molecule has 0 bridgehead atoms. The van der Waals surface area contributed by atoms with E-state index in [2.05, 4.69) is 19.1 Å². The summed E-state index contributed by atoms with van der Waals surface area (Å²) in [7, 11) is 0. The minimum absolute atomic E-state index is 0.0102. The Morgan fingerprint density at radius 3 is 2.61 bits per heavy atom. The maximum atomic E-state index is 12.3. The summed E-state index contributed by atoms with van der Waals surface area (Å²) >= 11 is 0. The molecule has 0 radical (unpaired) electrons. The number of carboxylic acids is 1. The molecule has 1 aliphatic rings. The summed E-state index contributed by atoms with van der Waals surface area (Å²) in [5, 5.41) is 19.0. The Kier molecular flexibility index (Phi) is 9.42. The van der Waals surface area contributed by atoms with E-state index in [1.54, 1.807) is 0 Å². The van der Waals surface area contributed by atoms with Crippen LogP contribution in [-0.4, -0.2) is 22.0 Å². The minimum Gasteiger partial charge on any atom is -0.481 e. The third-order valence-electron chi connectivity index (χ3n) is 5.75. The largest absolute Gasteiger partial charge is 0.481 e. The van der Waals surface area contributed by atoms with Crippen molar-refractivity contribution in [3.05, 3.63) is 47.5 Å². The fourth-order valence-electron chi connectivity index (χ4n) is 4.05. The van der Waals surface area contributed by atoms with Crippen LogP contribution in [0.25, 0.3) is 0 Å². The van der Waals surface area contributed by atoms with E-state index in [1.165, 1.54) is 5.56 Å². The van der Waals surface area contributed by atoms with Crippen LogP contribution in [0.1, 0.15) is 94.3 Å². The van der Waals surface area contributed by atoms with Crippen LogP contribution in [0.4, 0.5) is 0 Å². The SMILES string of the molecule is CCCCCC(O)c1ccc([C@H]2CCC(=O)[C@@H]2C/C=C\CCCC(=O)O)cc1. The molecule has 1 aromatic rings. The summed E-state index contributed by atoms with van der Waals surface area (Å²) in [6, 6.07) is 8.16. The molecule has 0 saturated heterocycles. The Morgan fingerprint density at radius 1 is 1.18 bits per heavy atom. The summed E-state index contributed by atoms with van der Waals surface area (Å²) in [5.74, 6) is -0.194. The van der Waals surface area contributed by atoms with Crippen molar-refractivity contribution in [3.8, 4) is 0 Å². The number of allylic oxidation sites excluding steroid dienone is 2. The van der Waals surface area contributed by atoms with E-state index >= 15 is 0 Å². The smallest absolute Gasteiger partial charge is 0.303 e. The van der Waals surface area contributed by atoms with Gasteiger partial charge in [0.15, 0.2) is 0 Å². The average molecular weight is 387 g/mol. The van der Waals surface area contributed by atoms with E-state index in [-0.39, 0.29) is 18.3 Å². The number of aliphatic hydroxyl groups excluding tert-OH is 1. The van der Waals surface area contributed by atoms with E-state index in [4.69, 9.17) is 5.11 Å². The van der Waals surface area contributed by atoms with Gasteiger partial charge < -0.3 is 10.2 Å². The molecule has 0 amide bonds. The molecule has 28 heavy (non-hydrogen) atoms. The molecular weight excluding hydrogens is 352 g/mol. The summed E-state index contributed by atoms with van der Waals surface area (Å²) in [6.45, 7) is 2.16. The molecule has 1 aromatic carbocycles. The number of Topliss-reactive ketones (excluding diaryl/α,β-unsaturated/α-hetero) is 1. The summed E-state index contributed by atoms with van der Waals surface area (Å²) < 4.78 is 0. The predicted molar refractivity (Wildman–Crippen MR) is 111 cm³/mol. The summed E-state index contributed by atoms with van der Waals surface area (Å²) in [4.78, 5) is 22.9. The normalized spacial score (nSPS) is 20.7. The number of carbonyl (C=O) groups excluding carboxylic acids is 1. The Morgan fingerprint density at radius 2 is 1.93 bits per heavy atom. The first kappa shape index (κ1) is 22.4. The lowest BCUT2D eigenvalue weighted by Crippen LogP contribution is -2.12. The molecule has 0 heterocycles. The lowest BCUT2D eigenvalue weighted by molar-refractivity contribution is -0.137. The number of unbranched alkanes of at least 4 members (excludes halogenated alkanes) is 3. The second-order valence-electron chi connectivity index (χ2n) is 7.89. The van der Waals surface area contributed by atoms with E-state index in [0.29, 0.717) is 18.6 Å². The van der Waals surface area contributed by atoms with Gasteiger partial charge in [-0.3, -0.25) is 9.59 Å². The minimum atomic E-state index is -0.765. The fourth-order valence-corrected chi connectivity index (χ4v) is 4.05. The second-order valence-corrected chi connectivity index (χ2v) is 7.89. The molecule has 3 atom stereocenters. The topological polar surface area (TPSA) is 74.6 Å². The number of carboxylic acid groups (broad SMARTS) is 1. The van der Waals surface area contributed by atoms with Crippen LogP contribution < -0.4 is 0 Å². The van der Waals surface area contributed by atoms with Gasteiger partial charge in [-0.15, -0.1) is 0 Å². The maximum Gasteiger partial charge on any atom is 0.303 e. The molecule has 1 unspecified atom stereocenters. The van der Waals surface area contributed by atoms with E-state index in [0.717, 1.165) is 50.5 Å². The molecule has 1 fully saturated rings. The fraction of sp³-hybridized carbons (Fsp3) is 0.583. The zero-order valence-electron chi connectivity index (χ0n) is 17.0. The number of aliphatic hydroxyl groups is 1. The van der Waals surface area contributed by atoms with Gasteiger partial charge in [0.2, 0.25) is 0 Å². The van der Waals surface area contributed by atoms with Crippen LogP contribution in [0.5, 0.6) is 0 Å². The van der Waals surface area contributed by atoms with Crippen LogP contribution in [0.15, 0.2) is 36.4 Å². The zero-order valence-corrected chi connectivity index (χ0v) is 17.0. The van der Waals surface area contributed by atoms with Crippen LogP contribution in [0, 0.1) is 5.92 Å². The first-order chi connectivity index (χ1) is 13.5. The quantitative estimate of drug-likeness (QED) is 0.364. The molecule has 4 nitrogen and oxygen atoms in total. The van der Waals surface area contributed by atoms with Crippen molar-refractivity contribution < 1.29 is 19.8 Å². The molecular formula is C24H34O4. The van der Waals surface area contributed by atoms with Crippen molar-refractivity contribution in [2.45, 2.75) is 83.2 Å². The molecule has 1 aliphatic carbocycles. The van der Waals surface area contributed by atoms with Gasteiger partial charge in [0, 0.05) is 18.8 Å². The second kappa shape index (κ2) is 11.8. The zero-order chi connectivity index (χ0) is 20.4. The molecule has 2 N–H and O–H groups in total. The van der Waals surface area contributed by atoms with Gasteiger partial charge in [-0.25, -0.2) is 0 Å².